The van der Waals surface area contributed by atoms with Gasteiger partial charge in [-0.15, -0.1) is 0 Å². The molecule has 0 radical (unpaired) electrons. The van der Waals surface area contributed by atoms with Crippen molar-refractivity contribution < 1.29 is 28.3 Å². The van der Waals surface area contributed by atoms with Crippen LogP contribution >= 0.6 is 11.8 Å². The zero-order valence-corrected chi connectivity index (χ0v) is 20.3. The van der Waals surface area contributed by atoms with Crippen LogP contribution < -0.4 is 5.32 Å². The number of H-pyrrole nitrogens is 1. The molecule has 2 N–H and O–H groups in total. The SMILES string of the molecule is CCOC(=O)c1c(C)oc(NC(=O)CSc2nc(Cc3ccccc3)c(C)[nH]2)c1C(=O)OCC. The molecule has 3 aromatic rings. The second-order valence-electron chi connectivity index (χ2n) is 7.29. The summed E-state index contributed by atoms with van der Waals surface area (Å²) >= 11 is 1.22. The molecule has 9 nitrogen and oxygen atoms in total. The van der Waals surface area contributed by atoms with Crippen LogP contribution in [0.5, 0.6) is 0 Å². The molecule has 0 atom stereocenters. The number of carbonyl (C=O) groups is 3. The van der Waals surface area contributed by atoms with Crippen LogP contribution in [0.4, 0.5) is 5.88 Å². The third kappa shape index (κ3) is 6.07. The number of aryl methyl sites for hydroxylation is 2. The lowest BCUT2D eigenvalue weighted by atomic mass is 10.1. The second kappa shape index (κ2) is 11.6. The molecule has 0 aliphatic heterocycles. The first-order valence-corrected chi connectivity index (χ1v) is 11.8. The Morgan fingerprint density at radius 3 is 2.32 bits per heavy atom. The molecule has 0 aliphatic carbocycles. The summed E-state index contributed by atoms with van der Waals surface area (Å²) in [4.78, 5) is 45.2. The van der Waals surface area contributed by atoms with Gasteiger partial charge in [0.05, 0.1) is 24.7 Å². The molecular weight excluding hydrogens is 458 g/mol. The third-order valence-corrected chi connectivity index (χ3v) is 5.69. The lowest BCUT2D eigenvalue weighted by molar-refractivity contribution is -0.113. The molecule has 180 valence electrons. The summed E-state index contributed by atoms with van der Waals surface area (Å²) < 4.78 is 15.6. The second-order valence-corrected chi connectivity index (χ2v) is 8.26. The first-order chi connectivity index (χ1) is 16.3. The summed E-state index contributed by atoms with van der Waals surface area (Å²) in [6.45, 7) is 6.96. The van der Waals surface area contributed by atoms with Gasteiger partial charge in [0.1, 0.15) is 16.9 Å². The molecule has 1 amide bonds. The number of benzene rings is 1. The minimum absolute atomic E-state index is 0.00842. The van der Waals surface area contributed by atoms with Gasteiger partial charge in [-0.25, -0.2) is 14.6 Å². The minimum Gasteiger partial charge on any atom is -0.462 e. The van der Waals surface area contributed by atoms with E-state index in [1.54, 1.807) is 13.8 Å². The Morgan fingerprint density at radius 1 is 1.03 bits per heavy atom. The number of ether oxygens (including phenoxy) is 2. The van der Waals surface area contributed by atoms with E-state index < -0.39 is 17.8 Å². The zero-order valence-electron chi connectivity index (χ0n) is 19.5. The Morgan fingerprint density at radius 2 is 1.68 bits per heavy atom. The predicted molar refractivity (Wildman–Crippen MR) is 127 cm³/mol. The number of furan rings is 1. The summed E-state index contributed by atoms with van der Waals surface area (Å²) in [6.07, 6.45) is 0.682. The Kier molecular flexibility index (Phi) is 8.53. The van der Waals surface area contributed by atoms with E-state index in [1.807, 2.05) is 37.3 Å². The van der Waals surface area contributed by atoms with Crippen molar-refractivity contribution in [3.8, 4) is 0 Å². The number of esters is 2. The Labute approximate surface area is 201 Å². The highest BCUT2D eigenvalue weighted by Crippen LogP contribution is 2.29. The molecular formula is C24H27N3O6S. The van der Waals surface area contributed by atoms with Crippen LogP contribution in [0.15, 0.2) is 39.9 Å². The van der Waals surface area contributed by atoms with Crippen molar-refractivity contribution in [3.63, 3.8) is 0 Å². The van der Waals surface area contributed by atoms with E-state index in [0.717, 1.165) is 17.0 Å². The summed E-state index contributed by atoms with van der Waals surface area (Å²) in [5.41, 5.74) is 2.76. The average Bonchev–Trinajstić information content (AvgIpc) is 3.32. The van der Waals surface area contributed by atoms with Gasteiger partial charge in [-0.3, -0.25) is 10.1 Å². The fourth-order valence-corrected chi connectivity index (χ4v) is 4.01. The number of aromatic amines is 1. The average molecular weight is 486 g/mol. The maximum Gasteiger partial charge on any atom is 0.344 e. The number of hydrogen-bond acceptors (Lipinski definition) is 8. The number of nitrogens with zero attached hydrogens (tertiary/aromatic N) is 1. The van der Waals surface area contributed by atoms with Crippen molar-refractivity contribution >= 4 is 35.5 Å². The van der Waals surface area contributed by atoms with Gasteiger partial charge in [0.25, 0.3) is 0 Å². The highest BCUT2D eigenvalue weighted by Gasteiger charge is 2.31. The van der Waals surface area contributed by atoms with Gasteiger partial charge in [0.15, 0.2) is 5.16 Å². The predicted octanol–water partition coefficient (Wildman–Crippen LogP) is 4.29. The maximum atomic E-state index is 12.6. The monoisotopic (exact) mass is 485 g/mol. The van der Waals surface area contributed by atoms with Crippen LogP contribution in [-0.4, -0.2) is 46.8 Å². The van der Waals surface area contributed by atoms with Crippen molar-refractivity contribution in [2.24, 2.45) is 0 Å². The van der Waals surface area contributed by atoms with Crippen molar-refractivity contribution in [1.82, 2.24) is 9.97 Å². The van der Waals surface area contributed by atoms with E-state index in [9.17, 15) is 14.4 Å². The van der Waals surface area contributed by atoms with Gasteiger partial charge in [-0.2, -0.15) is 0 Å². The first-order valence-electron chi connectivity index (χ1n) is 10.8. The molecule has 0 saturated heterocycles. The van der Waals surface area contributed by atoms with Crippen LogP contribution in [0.2, 0.25) is 0 Å². The fourth-order valence-electron chi connectivity index (χ4n) is 3.27. The van der Waals surface area contributed by atoms with Gasteiger partial charge in [-0.1, -0.05) is 42.1 Å². The van der Waals surface area contributed by atoms with Gasteiger partial charge in [0.2, 0.25) is 11.8 Å². The molecule has 2 heterocycles. The number of nitrogens with one attached hydrogen (secondary N) is 2. The third-order valence-electron chi connectivity index (χ3n) is 4.81. The summed E-state index contributed by atoms with van der Waals surface area (Å²) in [6, 6.07) is 9.98. The highest BCUT2D eigenvalue weighted by molar-refractivity contribution is 7.99. The van der Waals surface area contributed by atoms with Gasteiger partial charge in [-0.05, 0) is 33.3 Å². The molecule has 0 bridgehead atoms. The van der Waals surface area contributed by atoms with E-state index in [0.29, 0.717) is 11.6 Å². The number of thioether (sulfide) groups is 1. The van der Waals surface area contributed by atoms with Gasteiger partial charge in [0, 0.05) is 12.1 Å². The highest BCUT2D eigenvalue weighted by atomic mass is 32.2. The number of anilines is 1. The molecule has 2 aromatic heterocycles. The molecule has 0 fully saturated rings. The van der Waals surface area contributed by atoms with Crippen LogP contribution in [0, 0.1) is 13.8 Å². The van der Waals surface area contributed by atoms with E-state index >= 15 is 0 Å². The zero-order chi connectivity index (χ0) is 24.7. The summed E-state index contributed by atoms with van der Waals surface area (Å²) in [5, 5.41) is 3.17. The topological polar surface area (TPSA) is 124 Å². The number of hydrogen-bond donors (Lipinski definition) is 2. The van der Waals surface area contributed by atoms with Crippen molar-refractivity contribution in [2.45, 2.75) is 39.3 Å². The Balaban J connectivity index is 1.70. The molecule has 0 aliphatic rings. The normalized spacial score (nSPS) is 10.7. The lowest BCUT2D eigenvalue weighted by Crippen LogP contribution is -2.18. The molecule has 0 saturated carbocycles. The van der Waals surface area contributed by atoms with Crippen molar-refractivity contribution in [1.29, 1.82) is 0 Å². The number of amides is 1. The fraction of sp³-hybridized carbons (Fsp3) is 0.333. The van der Waals surface area contributed by atoms with Crippen LogP contribution in [0.1, 0.15) is 57.3 Å². The Bertz CT molecular complexity index is 1170. The van der Waals surface area contributed by atoms with Crippen molar-refractivity contribution in [2.75, 3.05) is 24.3 Å². The van der Waals surface area contributed by atoms with Gasteiger partial charge < -0.3 is 18.9 Å². The first kappa shape index (κ1) is 25.1. The van der Waals surface area contributed by atoms with E-state index in [2.05, 4.69) is 15.3 Å². The smallest absolute Gasteiger partial charge is 0.344 e. The standard InChI is InChI=1S/C24H27N3O6S/c1-5-31-22(29)19-15(4)33-21(20(19)23(30)32-6-2)27-18(28)13-34-24-25-14(3)17(26-24)12-16-10-8-7-9-11-16/h7-11H,5-6,12-13H2,1-4H3,(H,25,26)(H,27,28). The van der Waals surface area contributed by atoms with Crippen LogP contribution in [0.3, 0.4) is 0 Å². The summed E-state index contributed by atoms with van der Waals surface area (Å²) in [7, 11) is 0. The molecule has 0 unspecified atom stereocenters. The Hall–Kier alpha value is -3.53. The van der Waals surface area contributed by atoms with Crippen molar-refractivity contribution in [3.05, 3.63) is 64.2 Å². The molecule has 1 aromatic carbocycles. The van der Waals surface area contributed by atoms with E-state index in [1.165, 1.54) is 18.7 Å². The number of aromatic nitrogens is 2. The molecule has 3 rings (SSSR count). The minimum atomic E-state index is -0.780. The van der Waals surface area contributed by atoms with Gasteiger partial charge >= 0.3 is 11.9 Å². The summed E-state index contributed by atoms with van der Waals surface area (Å²) in [5.74, 6) is -1.93. The molecule has 0 spiro atoms. The lowest BCUT2D eigenvalue weighted by Gasteiger charge is -2.06. The number of rotatable bonds is 10. The van der Waals surface area contributed by atoms with Crippen LogP contribution in [0.25, 0.3) is 0 Å². The quantitative estimate of drug-likeness (QED) is 0.322. The largest absolute Gasteiger partial charge is 0.462 e. The van der Waals surface area contributed by atoms with Crippen LogP contribution in [-0.2, 0) is 20.7 Å². The molecule has 34 heavy (non-hydrogen) atoms. The van der Waals surface area contributed by atoms with E-state index in [4.69, 9.17) is 13.9 Å². The maximum absolute atomic E-state index is 12.6. The number of imidazole rings is 1. The van der Waals surface area contributed by atoms with E-state index in [-0.39, 0.29) is 41.7 Å². The molecule has 10 heteroatoms. The number of carbonyl (C=O) groups excluding carboxylic acids is 3.